The zero-order valence-corrected chi connectivity index (χ0v) is 17.3. The summed E-state index contributed by atoms with van der Waals surface area (Å²) in [5.74, 6) is 0. The molecule has 1 N–H and O–H groups in total. The number of aliphatic hydroxyl groups excluding tert-OH is 1. The number of carbonyl (C=O) groups is 1. The predicted octanol–water partition coefficient (Wildman–Crippen LogP) is 3.74. The molecular formula is C14H21Br2INO2+. The number of benzene rings is 1. The summed E-state index contributed by atoms with van der Waals surface area (Å²) in [5.41, 5.74) is 3.04. The number of hydrogen-bond donors (Lipinski definition) is 1. The third-order valence-corrected chi connectivity index (χ3v) is 4.28. The number of quaternary nitrogens is 1. The first-order chi connectivity index (χ1) is 9.25. The lowest BCUT2D eigenvalue weighted by atomic mass is 10.1. The average molecular weight is 522 g/mol. The second-order valence-electron chi connectivity index (χ2n) is 5.27. The minimum atomic E-state index is 0.0909. The number of rotatable bonds is 5. The molecule has 0 aliphatic carbocycles. The molecule has 0 radical (unpaired) electrons. The molecule has 0 saturated carbocycles. The summed E-state index contributed by atoms with van der Waals surface area (Å²) in [6.07, 6.45) is 0. The Morgan fingerprint density at radius 3 is 2.15 bits per heavy atom. The minimum absolute atomic E-state index is 0.0909. The molecule has 114 valence electrons. The second kappa shape index (κ2) is 10.3. The third-order valence-electron chi connectivity index (χ3n) is 2.45. The van der Waals surface area contributed by atoms with Crippen molar-refractivity contribution in [1.29, 1.82) is 0 Å². The van der Waals surface area contributed by atoms with E-state index >= 15 is 0 Å². The summed E-state index contributed by atoms with van der Waals surface area (Å²) in [6.45, 7) is 1.11. The van der Waals surface area contributed by atoms with Gasteiger partial charge in [-0.1, -0.05) is 44.0 Å². The maximum atomic E-state index is 11.2. The Morgan fingerprint density at radius 1 is 1.25 bits per heavy atom. The van der Waals surface area contributed by atoms with Gasteiger partial charge in [0.2, 0.25) is 3.79 Å². The van der Waals surface area contributed by atoms with Crippen molar-refractivity contribution in [3.63, 3.8) is 0 Å². The highest BCUT2D eigenvalue weighted by atomic mass is 127. The van der Waals surface area contributed by atoms with E-state index in [1.807, 2.05) is 40.8 Å². The van der Waals surface area contributed by atoms with Crippen LogP contribution in [0.5, 0.6) is 0 Å². The molecule has 0 heterocycles. The molecule has 0 bridgehead atoms. The Kier molecular flexibility index (Phi) is 10.5. The van der Waals surface area contributed by atoms with Crippen molar-refractivity contribution < 1.29 is 14.4 Å². The van der Waals surface area contributed by atoms with E-state index in [0.29, 0.717) is 0 Å². The Labute approximate surface area is 151 Å². The molecule has 0 saturated heterocycles. The highest BCUT2D eigenvalue weighted by Crippen LogP contribution is 2.19. The summed E-state index contributed by atoms with van der Waals surface area (Å²) in [7, 11) is 6.16. The van der Waals surface area contributed by atoms with Crippen LogP contribution in [-0.2, 0) is 10.7 Å². The van der Waals surface area contributed by atoms with Crippen LogP contribution >= 0.6 is 54.5 Å². The fourth-order valence-corrected chi connectivity index (χ4v) is 2.67. The van der Waals surface area contributed by atoms with Crippen LogP contribution in [0.4, 0.5) is 0 Å². The van der Waals surface area contributed by atoms with Gasteiger partial charge in [-0.2, -0.15) is 0 Å². The standard InChI is InChI=1S/C9H7Br2IO.C5H14NO/c10-4-6-1-2-8(9(12)13)7(3-6)5-11;1-6(2,3)4-5-7/h1-3H,4-5H2;7H,4-5H2,1-3H3/q;+1. The lowest BCUT2D eigenvalue weighted by molar-refractivity contribution is -0.870. The Morgan fingerprint density at radius 2 is 1.85 bits per heavy atom. The van der Waals surface area contributed by atoms with Gasteiger partial charge in [-0.15, -0.1) is 0 Å². The van der Waals surface area contributed by atoms with E-state index in [1.165, 1.54) is 5.56 Å². The minimum Gasteiger partial charge on any atom is -0.391 e. The monoisotopic (exact) mass is 520 g/mol. The van der Waals surface area contributed by atoms with E-state index in [-0.39, 0.29) is 10.4 Å². The molecule has 1 rings (SSSR count). The molecule has 3 nitrogen and oxygen atoms in total. The van der Waals surface area contributed by atoms with Crippen LogP contribution in [0, 0.1) is 0 Å². The van der Waals surface area contributed by atoms with Crippen LogP contribution in [0.25, 0.3) is 0 Å². The van der Waals surface area contributed by atoms with Crippen molar-refractivity contribution in [3.05, 3.63) is 34.9 Å². The Balaban J connectivity index is 0.000000441. The van der Waals surface area contributed by atoms with Crippen molar-refractivity contribution in [3.8, 4) is 0 Å². The highest BCUT2D eigenvalue weighted by Gasteiger charge is 2.07. The van der Waals surface area contributed by atoms with E-state index in [1.54, 1.807) is 0 Å². The maximum Gasteiger partial charge on any atom is 0.222 e. The smallest absolute Gasteiger partial charge is 0.222 e. The molecule has 0 aromatic heterocycles. The van der Waals surface area contributed by atoms with Crippen LogP contribution in [-0.4, -0.2) is 47.7 Å². The number of nitrogens with zero attached hydrogens (tertiary/aromatic N) is 1. The number of alkyl halides is 2. The SMILES string of the molecule is C[N+](C)(C)CCO.O=C(I)c1ccc(CBr)cc1CBr. The van der Waals surface area contributed by atoms with Crippen LogP contribution in [0.1, 0.15) is 21.5 Å². The molecule has 0 aliphatic heterocycles. The lowest BCUT2D eigenvalue weighted by Gasteiger charge is -2.21. The summed E-state index contributed by atoms with van der Waals surface area (Å²) in [6, 6.07) is 5.88. The van der Waals surface area contributed by atoms with Gasteiger partial charge in [0.1, 0.15) is 6.54 Å². The van der Waals surface area contributed by atoms with Gasteiger partial charge < -0.3 is 9.59 Å². The molecule has 6 heteroatoms. The summed E-state index contributed by atoms with van der Waals surface area (Å²) in [5, 5.41) is 9.93. The van der Waals surface area contributed by atoms with Gasteiger partial charge in [-0.3, -0.25) is 4.79 Å². The molecule has 1 aromatic rings. The van der Waals surface area contributed by atoms with Crippen molar-refractivity contribution in [2.24, 2.45) is 0 Å². The molecule has 0 unspecified atom stereocenters. The number of hydrogen-bond acceptors (Lipinski definition) is 2. The number of likely N-dealkylation sites (N-methyl/N-ethyl adjacent to an activating group) is 1. The maximum absolute atomic E-state index is 11.2. The van der Waals surface area contributed by atoms with Gasteiger partial charge in [0.25, 0.3) is 0 Å². The predicted molar refractivity (Wildman–Crippen MR) is 100 cm³/mol. The summed E-state index contributed by atoms with van der Waals surface area (Å²) in [4.78, 5) is 11.2. The Bertz CT molecular complexity index is 434. The average Bonchev–Trinajstić information content (AvgIpc) is 2.37. The quantitative estimate of drug-likeness (QED) is 0.277. The van der Waals surface area contributed by atoms with Crippen LogP contribution in [0.15, 0.2) is 18.2 Å². The largest absolute Gasteiger partial charge is 0.391 e. The first-order valence-corrected chi connectivity index (χ1v) is 9.42. The number of carbonyl (C=O) groups excluding carboxylic acids is 1. The lowest BCUT2D eigenvalue weighted by Crippen LogP contribution is -2.36. The molecule has 20 heavy (non-hydrogen) atoms. The van der Waals surface area contributed by atoms with Crippen molar-refractivity contribution in [2.45, 2.75) is 10.7 Å². The van der Waals surface area contributed by atoms with Gasteiger partial charge in [-0.25, -0.2) is 0 Å². The first-order valence-electron chi connectivity index (χ1n) is 6.10. The molecule has 0 spiro atoms. The van der Waals surface area contributed by atoms with E-state index < -0.39 is 0 Å². The van der Waals surface area contributed by atoms with Crippen molar-refractivity contribution in [1.82, 2.24) is 0 Å². The second-order valence-corrected chi connectivity index (χ2v) is 7.37. The Hall–Kier alpha value is 0.500. The molecular weight excluding hydrogens is 501 g/mol. The summed E-state index contributed by atoms with van der Waals surface area (Å²) < 4.78 is 0.935. The summed E-state index contributed by atoms with van der Waals surface area (Å²) >= 11 is 8.56. The van der Waals surface area contributed by atoms with E-state index in [0.717, 1.165) is 32.8 Å². The topological polar surface area (TPSA) is 37.3 Å². The zero-order valence-electron chi connectivity index (χ0n) is 12.0. The fourth-order valence-electron chi connectivity index (χ4n) is 1.33. The first kappa shape index (κ1) is 20.5. The van der Waals surface area contributed by atoms with Crippen molar-refractivity contribution >= 4 is 58.2 Å². The molecule has 1 aromatic carbocycles. The van der Waals surface area contributed by atoms with Gasteiger partial charge in [0, 0.05) is 38.8 Å². The van der Waals surface area contributed by atoms with E-state index in [4.69, 9.17) is 5.11 Å². The zero-order chi connectivity index (χ0) is 15.8. The van der Waals surface area contributed by atoms with Gasteiger partial charge >= 0.3 is 0 Å². The third kappa shape index (κ3) is 8.71. The van der Waals surface area contributed by atoms with E-state index in [9.17, 15) is 4.79 Å². The molecule has 0 atom stereocenters. The van der Waals surface area contributed by atoms with Gasteiger partial charge in [-0.05, 0) is 17.2 Å². The van der Waals surface area contributed by atoms with Crippen LogP contribution in [0.3, 0.4) is 0 Å². The van der Waals surface area contributed by atoms with Crippen molar-refractivity contribution in [2.75, 3.05) is 34.3 Å². The molecule has 0 fully saturated rings. The molecule has 0 amide bonds. The van der Waals surface area contributed by atoms with Gasteiger partial charge in [0.15, 0.2) is 0 Å². The van der Waals surface area contributed by atoms with Crippen LogP contribution < -0.4 is 0 Å². The normalized spacial score (nSPS) is 10.8. The number of aliphatic hydroxyl groups is 1. The number of halogens is 3. The van der Waals surface area contributed by atoms with Gasteiger partial charge in [0.05, 0.1) is 27.7 Å². The highest BCUT2D eigenvalue weighted by molar-refractivity contribution is 14.1. The van der Waals surface area contributed by atoms with Crippen LogP contribution in [0.2, 0.25) is 0 Å². The fraction of sp³-hybridized carbons (Fsp3) is 0.500. The van der Waals surface area contributed by atoms with E-state index in [2.05, 4.69) is 53.0 Å². The molecule has 0 aliphatic rings.